The average Bonchev–Trinajstić information content (AvgIpc) is 2.61. The summed E-state index contributed by atoms with van der Waals surface area (Å²) in [7, 11) is -2.48. The number of fused-ring (bicyclic) bond motifs is 2. The Morgan fingerprint density at radius 1 is 1.23 bits per heavy atom. The summed E-state index contributed by atoms with van der Waals surface area (Å²) < 4.78 is 22.1. The van der Waals surface area contributed by atoms with Crippen LogP contribution in [0.25, 0.3) is 0 Å². The normalized spacial score (nSPS) is 38.4. The number of nitrogens with one attached hydrogen (secondary N) is 1. The van der Waals surface area contributed by atoms with Crippen molar-refractivity contribution in [3.63, 3.8) is 0 Å². The first-order chi connectivity index (χ1) is 6.03. The second-order valence-electron chi connectivity index (χ2n) is 4.44. The van der Waals surface area contributed by atoms with Gasteiger partial charge in [-0.3, -0.25) is 0 Å². The van der Waals surface area contributed by atoms with Gasteiger partial charge in [0.2, 0.25) is 0 Å². The third-order valence-electron chi connectivity index (χ3n) is 3.34. The molecule has 0 amide bonds. The first kappa shape index (κ1) is 9.46. The molecule has 1 atom stereocenters. The molecular formula is C9H18N2OS. The van der Waals surface area contributed by atoms with Gasteiger partial charge < -0.3 is 0 Å². The Hall–Kier alpha value is -0.0900. The van der Waals surface area contributed by atoms with Crippen LogP contribution in [0.15, 0.2) is 0 Å². The van der Waals surface area contributed by atoms with Gasteiger partial charge in [-0.25, -0.2) is 13.3 Å². The third kappa shape index (κ3) is 1.31. The van der Waals surface area contributed by atoms with Gasteiger partial charge >= 0.3 is 0 Å². The fraction of sp³-hybridized carbons (Fsp3) is 1.00. The van der Waals surface area contributed by atoms with Crippen molar-refractivity contribution in [2.75, 3.05) is 0 Å². The molecule has 0 aromatic rings. The van der Waals surface area contributed by atoms with Crippen LogP contribution in [0.2, 0.25) is 0 Å². The highest BCUT2D eigenvalue weighted by Gasteiger charge is 2.44. The van der Waals surface area contributed by atoms with E-state index in [2.05, 4.69) is 0 Å². The monoisotopic (exact) mass is 202 g/mol. The van der Waals surface area contributed by atoms with Crippen LogP contribution in [-0.2, 0) is 9.92 Å². The van der Waals surface area contributed by atoms with Gasteiger partial charge in [-0.2, -0.15) is 0 Å². The maximum atomic E-state index is 12.1. The summed E-state index contributed by atoms with van der Waals surface area (Å²) in [4.78, 5) is 0. The molecule has 2 fully saturated rings. The highest BCUT2D eigenvalue weighted by molar-refractivity contribution is 7.90. The van der Waals surface area contributed by atoms with E-state index in [9.17, 15) is 4.21 Å². The van der Waals surface area contributed by atoms with Crippen molar-refractivity contribution in [2.24, 2.45) is 0 Å². The Labute approximate surface area is 80.6 Å². The Morgan fingerprint density at radius 2 is 1.62 bits per heavy atom. The molecule has 2 bridgehead atoms. The predicted octanol–water partition coefficient (Wildman–Crippen LogP) is 1.98. The molecule has 0 saturated carbocycles. The van der Waals surface area contributed by atoms with E-state index in [4.69, 9.17) is 4.78 Å². The van der Waals surface area contributed by atoms with Gasteiger partial charge in [-0.1, -0.05) is 0 Å². The van der Waals surface area contributed by atoms with Crippen molar-refractivity contribution in [3.8, 4) is 0 Å². The number of rotatable bonds is 2. The average molecular weight is 202 g/mol. The molecule has 3 nitrogen and oxygen atoms in total. The van der Waals surface area contributed by atoms with Crippen molar-refractivity contribution in [1.29, 1.82) is 4.78 Å². The first-order valence-corrected chi connectivity index (χ1v) is 6.67. The van der Waals surface area contributed by atoms with E-state index in [0.29, 0.717) is 12.1 Å². The smallest absolute Gasteiger partial charge is 0.110 e. The molecular weight excluding hydrogens is 184 g/mol. The summed E-state index contributed by atoms with van der Waals surface area (Å²) in [6, 6.07) is 0.912. The number of nitrogens with zero attached hydrogens (tertiary/aromatic N) is 1. The largest absolute Gasteiger partial charge is 0.240 e. The molecule has 2 heterocycles. The van der Waals surface area contributed by atoms with Crippen LogP contribution in [0.3, 0.4) is 0 Å². The van der Waals surface area contributed by atoms with Crippen molar-refractivity contribution < 1.29 is 4.21 Å². The molecule has 2 aliphatic rings. The van der Waals surface area contributed by atoms with E-state index in [-0.39, 0.29) is 5.25 Å². The van der Waals surface area contributed by atoms with Crippen LogP contribution in [0.1, 0.15) is 39.5 Å². The lowest BCUT2D eigenvalue weighted by Gasteiger charge is -2.26. The van der Waals surface area contributed by atoms with Crippen LogP contribution >= 0.6 is 0 Å². The van der Waals surface area contributed by atoms with Gasteiger partial charge in [-0.15, -0.1) is 0 Å². The summed E-state index contributed by atoms with van der Waals surface area (Å²) in [5, 5.41) is -0.0336. The molecule has 13 heavy (non-hydrogen) atoms. The molecule has 76 valence electrons. The third-order valence-corrected chi connectivity index (χ3v) is 5.84. The van der Waals surface area contributed by atoms with Gasteiger partial charge in [0.05, 0.1) is 5.25 Å². The van der Waals surface area contributed by atoms with E-state index in [1.54, 1.807) is 0 Å². The second-order valence-corrected chi connectivity index (χ2v) is 6.94. The van der Waals surface area contributed by atoms with Crippen molar-refractivity contribution in [2.45, 2.75) is 56.9 Å². The Balaban J connectivity index is 2.27. The SMILES string of the molecule is CC(C)S(=N)(=O)N1C2CCC1CC2. The topological polar surface area (TPSA) is 44.2 Å². The minimum Gasteiger partial charge on any atom is -0.240 e. The van der Waals surface area contributed by atoms with E-state index < -0.39 is 9.92 Å². The fourth-order valence-corrected chi connectivity index (χ4v) is 4.35. The molecule has 2 saturated heterocycles. The van der Waals surface area contributed by atoms with Crippen LogP contribution in [-0.4, -0.2) is 25.8 Å². The molecule has 0 aromatic carbocycles. The molecule has 1 N–H and O–H groups in total. The highest BCUT2D eigenvalue weighted by atomic mass is 32.2. The van der Waals surface area contributed by atoms with Crippen molar-refractivity contribution in [1.82, 2.24) is 4.31 Å². The minimum absolute atomic E-state index is 0.0336. The van der Waals surface area contributed by atoms with Crippen LogP contribution in [0.5, 0.6) is 0 Å². The maximum absolute atomic E-state index is 12.1. The minimum atomic E-state index is -2.48. The van der Waals surface area contributed by atoms with Gasteiger partial charge in [0, 0.05) is 12.1 Å². The second kappa shape index (κ2) is 2.95. The molecule has 4 heteroatoms. The van der Waals surface area contributed by atoms with Crippen molar-refractivity contribution in [3.05, 3.63) is 0 Å². The summed E-state index contributed by atoms with van der Waals surface area (Å²) in [6.45, 7) is 3.79. The van der Waals surface area contributed by atoms with E-state index in [1.807, 2.05) is 18.2 Å². The zero-order valence-corrected chi connectivity index (χ0v) is 9.14. The van der Waals surface area contributed by atoms with Gasteiger partial charge in [0.1, 0.15) is 9.92 Å². The Bertz CT molecular complexity index is 277. The standard InChI is InChI=1S/C9H18N2OS/c1-7(2)13(10,12)11-8-3-4-9(11)6-5-8/h7-10H,3-6H2,1-2H3. The van der Waals surface area contributed by atoms with E-state index >= 15 is 0 Å². The Morgan fingerprint density at radius 3 is 1.92 bits per heavy atom. The lowest BCUT2D eigenvalue weighted by molar-refractivity contribution is 0.417. The predicted molar refractivity (Wildman–Crippen MR) is 53.9 cm³/mol. The summed E-state index contributed by atoms with van der Waals surface area (Å²) in [5.41, 5.74) is 0. The van der Waals surface area contributed by atoms with Crippen LogP contribution in [0.4, 0.5) is 0 Å². The molecule has 0 aromatic heterocycles. The number of hydrogen-bond acceptors (Lipinski definition) is 2. The number of hydrogen-bond donors (Lipinski definition) is 1. The summed E-state index contributed by atoms with van der Waals surface area (Å²) in [6.07, 6.45) is 4.64. The molecule has 0 spiro atoms. The lowest BCUT2D eigenvalue weighted by Crippen LogP contribution is -2.38. The zero-order chi connectivity index (χ0) is 9.64. The van der Waals surface area contributed by atoms with E-state index in [0.717, 1.165) is 25.7 Å². The van der Waals surface area contributed by atoms with Gasteiger partial charge in [-0.05, 0) is 39.5 Å². The van der Waals surface area contributed by atoms with Crippen LogP contribution < -0.4 is 0 Å². The quantitative estimate of drug-likeness (QED) is 0.731. The first-order valence-electron chi connectivity index (χ1n) is 5.09. The molecule has 2 aliphatic heterocycles. The van der Waals surface area contributed by atoms with Crippen molar-refractivity contribution >= 4 is 9.92 Å². The highest BCUT2D eigenvalue weighted by Crippen LogP contribution is 2.40. The van der Waals surface area contributed by atoms with E-state index in [1.165, 1.54) is 0 Å². The summed E-state index contributed by atoms with van der Waals surface area (Å²) in [5.74, 6) is 0. The maximum Gasteiger partial charge on any atom is 0.110 e. The lowest BCUT2D eigenvalue weighted by atomic mass is 10.0. The fourth-order valence-electron chi connectivity index (χ4n) is 2.55. The summed E-state index contributed by atoms with van der Waals surface area (Å²) >= 11 is 0. The van der Waals surface area contributed by atoms with Crippen LogP contribution in [0, 0.1) is 4.78 Å². The molecule has 2 rings (SSSR count). The molecule has 1 unspecified atom stereocenters. The Kier molecular flexibility index (Phi) is 2.15. The molecule has 0 aliphatic carbocycles. The van der Waals surface area contributed by atoms with Gasteiger partial charge in [0.15, 0.2) is 0 Å². The van der Waals surface area contributed by atoms with Gasteiger partial charge in [0.25, 0.3) is 0 Å². The molecule has 0 radical (unpaired) electrons. The zero-order valence-electron chi connectivity index (χ0n) is 8.32.